The van der Waals surface area contributed by atoms with E-state index >= 15 is 0 Å². The van der Waals surface area contributed by atoms with Crippen LogP contribution in [0.5, 0.6) is 0 Å². The fourth-order valence-electron chi connectivity index (χ4n) is 0.892. The molecule has 5 heteroatoms. The van der Waals surface area contributed by atoms with Crippen LogP contribution in [0.2, 0.25) is 0 Å². The van der Waals surface area contributed by atoms with E-state index in [9.17, 15) is 4.79 Å². The van der Waals surface area contributed by atoms with E-state index in [4.69, 9.17) is 5.73 Å². The van der Waals surface area contributed by atoms with E-state index in [1.807, 2.05) is 12.3 Å². The van der Waals surface area contributed by atoms with Crippen molar-refractivity contribution in [3.05, 3.63) is 11.1 Å². The third-order valence-corrected chi connectivity index (χ3v) is 2.32. The predicted octanol–water partition coefficient (Wildman–Crippen LogP) is 0.794. The molecule has 0 radical (unpaired) electrons. The number of thiazole rings is 1. The maximum Gasteiger partial charge on any atom is 0.219 e. The van der Waals surface area contributed by atoms with Crippen molar-refractivity contribution in [1.82, 2.24) is 10.3 Å². The van der Waals surface area contributed by atoms with Crippen molar-refractivity contribution in [3.63, 3.8) is 0 Å². The van der Waals surface area contributed by atoms with Crippen molar-refractivity contribution in [2.75, 3.05) is 12.3 Å². The Morgan fingerprint density at radius 2 is 2.54 bits per heavy atom. The van der Waals surface area contributed by atoms with Crippen molar-refractivity contribution in [3.8, 4) is 0 Å². The highest BCUT2D eigenvalue weighted by Gasteiger charge is 1.99. The Balaban J connectivity index is 2.24. The van der Waals surface area contributed by atoms with Gasteiger partial charge in [-0.25, -0.2) is 4.98 Å². The van der Waals surface area contributed by atoms with Gasteiger partial charge in [0.1, 0.15) is 0 Å². The van der Waals surface area contributed by atoms with Gasteiger partial charge in [-0.05, 0) is 0 Å². The summed E-state index contributed by atoms with van der Waals surface area (Å²) in [4.78, 5) is 14.9. The van der Waals surface area contributed by atoms with Crippen molar-refractivity contribution >= 4 is 22.4 Å². The number of amides is 1. The molecule has 1 heterocycles. The lowest BCUT2D eigenvalue weighted by atomic mass is 10.3. The number of nitrogens with zero attached hydrogens (tertiary/aromatic N) is 1. The van der Waals surface area contributed by atoms with Crippen LogP contribution in [0.3, 0.4) is 0 Å². The SMILES string of the molecule is CCC(=O)NCCc1csc(N)n1. The van der Waals surface area contributed by atoms with Crippen LogP contribution in [0.25, 0.3) is 0 Å². The standard InChI is InChI=1S/C8H13N3OS/c1-2-7(12)10-4-3-6-5-13-8(9)11-6/h5H,2-4H2,1H3,(H2,9,11)(H,10,12). The second kappa shape index (κ2) is 4.81. The van der Waals surface area contributed by atoms with Crippen molar-refractivity contribution in [2.45, 2.75) is 19.8 Å². The van der Waals surface area contributed by atoms with Gasteiger partial charge in [0.2, 0.25) is 5.91 Å². The maximum absolute atomic E-state index is 10.9. The number of nitrogen functional groups attached to an aromatic ring is 1. The number of hydrogen-bond acceptors (Lipinski definition) is 4. The first kappa shape index (κ1) is 9.98. The fourth-order valence-corrected chi connectivity index (χ4v) is 1.49. The average Bonchev–Trinajstić information content (AvgIpc) is 2.51. The highest BCUT2D eigenvalue weighted by atomic mass is 32.1. The molecule has 1 amide bonds. The molecule has 0 fully saturated rings. The van der Waals surface area contributed by atoms with Gasteiger partial charge in [-0.1, -0.05) is 6.92 Å². The van der Waals surface area contributed by atoms with Gasteiger partial charge in [-0.15, -0.1) is 11.3 Å². The number of aromatic nitrogens is 1. The quantitative estimate of drug-likeness (QED) is 0.753. The van der Waals surface area contributed by atoms with E-state index in [0.29, 0.717) is 18.1 Å². The molecule has 0 bridgehead atoms. The molecule has 1 rings (SSSR count). The molecule has 1 aromatic rings. The average molecular weight is 199 g/mol. The van der Waals surface area contributed by atoms with E-state index in [1.54, 1.807) is 0 Å². The van der Waals surface area contributed by atoms with Gasteiger partial charge >= 0.3 is 0 Å². The molecule has 0 aliphatic carbocycles. The smallest absolute Gasteiger partial charge is 0.219 e. The van der Waals surface area contributed by atoms with Gasteiger partial charge in [0, 0.05) is 24.8 Å². The van der Waals surface area contributed by atoms with Crippen LogP contribution in [-0.2, 0) is 11.2 Å². The van der Waals surface area contributed by atoms with Gasteiger partial charge in [0.15, 0.2) is 5.13 Å². The number of nitrogens with one attached hydrogen (secondary N) is 1. The number of carbonyl (C=O) groups is 1. The van der Waals surface area contributed by atoms with Crippen LogP contribution >= 0.6 is 11.3 Å². The second-order valence-electron chi connectivity index (χ2n) is 2.63. The number of nitrogens with two attached hydrogens (primary N) is 1. The van der Waals surface area contributed by atoms with Gasteiger partial charge in [0.25, 0.3) is 0 Å². The first-order valence-corrected chi connectivity index (χ1v) is 5.07. The molecule has 3 N–H and O–H groups in total. The number of anilines is 1. The molecule has 0 unspecified atom stereocenters. The van der Waals surface area contributed by atoms with Crippen molar-refractivity contribution in [2.24, 2.45) is 0 Å². The summed E-state index contributed by atoms with van der Waals surface area (Å²) in [5, 5.41) is 5.27. The molecule has 4 nitrogen and oxygen atoms in total. The van der Waals surface area contributed by atoms with Gasteiger partial charge in [0.05, 0.1) is 5.69 Å². The van der Waals surface area contributed by atoms with E-state index in [1.165, 1.54) is 11.3 Å². The summed E-state index contributed by atoms with van der Waals surface area (Å²) in [5.41, 5.74) is 6.40. The molecule has 1 aromatic heterocycles. The van der Waals surface area contributed by atoms with Crippen LogP contribution in [0, 0.1) is 0 Å². The molecule has 13 heavy (non-hydrogen) atoms. The minimum atomic E-state index is 0.0724. The van der Waals surface area contributed by atoms with Crippen molar-refractivity contribution in [1.29, 1.82) is 0 Å². The molecular formula is C8H13N3OS. The lowest BCUT2D eigenvalue weighted by Crippen LogP contribution is -2.24. The first-order chi connectivity index (χ1) is 6.22. The number of carbonyl (C=O) groups excluding carboxylic acids is 1. The summed E-state index contributed by atoms with van der Waals surface area (Å²) in [5.74, 6) is 0.0724. The first-order valence-electron chi connectivity index (χ1n) is 4.19. The summed E-state index contributed by atoms with van der Waals surface area (Å²) in [7, 11) is 0. The Morgan fingerprint density at radius 3 is 3.08 bits per heavy atom. The van der Waals surface area contributed by atoms with Gasteiger partial charge in [-0.2, -0.15) is 0 Å². The Labute approximate surface area is 81.2 Å². The molecule has 0 saturated carbocycles. The zero-order valence-electron chi connectivity index (χ0n) is 7.54. The monoisotopic (exact) mass is 199 g/mol. The molecule has 0 aromatic carbocycles. The van der Waals surface area contributed by atoms with Crippen molar-refractivity contribution < 1.29 is 4.79 Å². The number of rotatable bonds is 4. The summed E-state index contributed by atoms with van der Waals surface area (Å²) in [6.45, 7) is 2.46. The summed E-state index contributed by atoms with van der Waals surface area (Å²) in [6, 6.07) is 0. The zero-order valence-corrected chi connectivity index (χ0v) is 8.36. The molecule has 0 aliphatic rings. The molecule has 72 valence electrons. The summed E-state index contributed by atoms with van der Waals surface area (Å²) < 4.78 is 0. The minimum Gasteiger partial charge on any atom is -0.375 e. The highest BCUT2D eigenvalue weighted by Crippen LogP contribution is 2.10. The summed E-state index contributed by atoms with van der Waals surface area (Å²) in [6.07, 6.45) is 1.28. The maximum atomic E-state index is 10.9. The summed E-state index contributed by atoms with van der Waals surface area (Å²) >= 11 is 1.42. The van der Waals surface area contributed by atoms with Gasteiger partial charge in [-0.3, -0.25) is 4.79 Å². The third kappa shape index (κ3) is 3.42. The van der Waals surface area contributed by atoms with Crippen LogP contribution in [0.15, 0.2) is 5.38 Å². The topological polar surface area (TPSA) is 68.0 Å². The predicted molar refractivity (Wildman–Crippen MR) is 53.5 cm³/mol. The van der Waals surface area contributed by atoms with Crippen LogP contribution in [0.1, 0.15) is 19.0 Å². The molecule has 0 spiro atoms. The largest absolute Gasteiger partial charge is 0.375 e. The third-order valence-electron chi connectivity index (χ3n) is 1.59. The fraction of sp³-hybridized carbons (Fsp3) is 0.500. The van der Waals surface area contributed by atoms with E-state index < -0.39 is 0 Å². The highest BCUT2D eigenvalue weighted by molar-refractivity contribution is 7.13. The second-order valence-corrected chi connectivity index (χ2v) is 3.52. The molecule has 0 aliphatic heterocycles. The van der Waals surface area contributed by atoms with E-state index in [0.717, 1.165) is 12.1 Å². The van der Waals surface area contributed by atoms with E-state index in [2.05, 4.69) is 10.3 Å². The Kier molecular flexibility index (Phi) is 3.70. The van der Waals surface area contributed by atoms with Crippen LogP contribution in [0.4, 0.5) is 5.13 Å². The Morgan fingerprint density at radius 1 is 1.77 bits per heavy atom. The number of hydrogen-bond donors (Lipinski definition) is 2. The van der Waals surface area contributed by atoms with E-state index in [-0.39, 0.29) is 5.91 Å². The Bertz CT molecular complexity index is 285. The zero-order chi connectivity index (χ0) is 9.68. The lowest BCUT2D eigenvalue weighted by molar-refractivity contribution is -0.120. The van der Waals surface area contributed by atoms with Crippen LogP contribution in [-0.4, -0.2) is 17.4 Å². The molecule has 0 saturated heterocycles. The normalized spacial score (nSPS) is 9.92. The Hall–Kier alpha value is -1.10. The lowest BCUT2D eigenvalue weighted by Gasteiger charge is -2.00. The minimum absolute atomic E-state index is 0.0724. The van der Waals surface area contributed by atoms with Gasteiger partial charge < -0.3 is 11.1 Å². The molecule has 0 atom stereocenters. The molecular weight excluding hydrogens is 186 g/mol. The van der Waals surface area contributed by atoms with Crippen LogP contribution < -0.4 is 11.1 Å².